The summed E-state index contributed by atoms with van der Waals surface area (Å²) in [5.74, 6) is 0. The van der Waals surface area contributed by atoms with Crippen molar-refractivity contribution >= 4 is 14.5 Å². The minimum absolute atomic E-state index is 0.448. The Morgan fingerprint density at radius 1 is 1.00 bits per heavy atom. The SMILES string of the molecule is Cc1[se]c(CC(C)(C)C)c(C)c1C. The monoisotopic (exact) mass is 244 g/mol. The fourth-order valence-corrected chi connectivity index (χ4v) is 4.58. The minimum atomic E-state index is 0.448. The van der Waals surface area contributed by atoms with Crippen LogP contribution in [-0.2, 0) is 6.42 Å². The molecule has 0 nitrogen and oxygen atoms in total. The standard InChI is InChI=1S/C12H20Se/c1-8-9(2)11(13-10(8)3)7-12(4,5)6/h7H2,1-6H3. The first kappa shape index (κ1) is 11.1. The first-order chi connectivity index (χ1) is 5.81. The first-order valence-corrected chi connectivity index (χ1v) is 6.58. The van der Waals surface area contributed by atoms with Gasteiger partial charge in [-0.05, 0) is 0 Å². The second kappa shape index (κ2) is 3.63. The molecule has 0 unspecified atom stereocenters. The predicted molar refractivity (Wildman–Crippen MR) is 60.8 cm³/mol. The van der Waals surface area contributed by atoms with E-state index in [2.05, 4.69) is 41.5 Å². The van der Waals surface area contributed by atoms with Gasteiger partial charge in [-0.1, -0.05) is 0 Å². The van der Waals surface area contributed by atoms with Crippen molar-refractivity contribution in [3.8, 4) is 0 Å². The van der Waals surface area contributed by atoms with Crippen LogP contribution in [0.25, 0.3) is 0 Å². The topological polar surface area (TPSA) is 0 Å². The summed E-state index contributed by atoms with van der Waals surface area (Å²) in [7, 11) is 0. The van der Waals surface area contributed by atoms with E-state index in [4.69, 9.17) is 0 Å². The van der Waals surface area contributed by atoms with Crippen LogP contribution in [0.4, 0.5) is 0 Å². The molecule has 1 heteroatoms. The molecule has 0 amide bonds. The molecule has 0 aliphatic carbocycles. The van der Waals surface area contributed by atoms with Crippen LogP contribution in [0.3, 0.4) is 0 Å². The van der Waals surface area contributed by atoms with Gasteiger partial charge in [-0.2, -0.15) is 0 Å². The average molecular weight is 243 g/mol. The fourth-order valence-electron chi connectivity index (χ4n) is 1.46. The van der Waals surface area contributed by atoms with Gasteiger partial charge in [0.2, 0.25) is 0 Å². The van der Waals surface area contributed by atoms with E-state index < -0.39 is 0 Å². The number of aryl methyl sites for hydroxylation is 1. The summed E-state index contributed by atoms with van der Waals surface area (Å²) in [4.78, 5) is 0. The van der Waals surface area contributed by atoms with Crippen LogP contribution in [0.1, 0.15) is 40.8 Å². The van der Waals surface area contributed by atoms with Gasteiger partial charge in [-0.3, -0.25) is 0 Å². The zero-order valence-electron chi connectivity index (χ0n) is 9.62. The van der Waals surface area contributed by atoms with Crippen molar-refractivity contribution in [2.45, 2.75) is 48.0 Å². The van der Waals surface area contributed by atoms with Gasteiger partial charge in [-0.25, -0.2) is 0 Å². The number of rotatable bonds is 1. The third-order valence-electron chi connectivity index (χ3n) is 2.48. The second-order valence-corrected chi connectivity index (χ2v) is 7.82. The maximum absolute atomic E-state index is 2.33. The van der Waals surface area contributed by atoms with Crippen molar-refractivity contribution in [2.24, 2.45) is 5.41 Å². The van der Waals surface area contributed by atoms with E-state index in [-0.39, 0.29) is 0 Å². The number of hydrogen-bond acceptors (Lipinski definition) is 0. The molecule has 13 heavy (non-hydrogen) atoms. The van der Waals surface area contributed by atoms with Gasteiger partial charge in [-0.15, -0.1) is 0 Å². The Hall–Kier alpha value is -0.000519. The zero-order valence-corrected chi connectivity index (χ0v) is 11.3. The third-order valence-corrected chi connectivity index (χ3v) is 5.22. The van der Waals surface area contributed by atoms with Crippen LogP contribution in [0.15, 0.2) is 0 Å². The summed E-state index contributed by atoms with van der Waals surface area (Å²) >= 11 is 0.654. The van der Waals surface area contributed by atoms with E-state index in [9.17, 15) is 0 Å². The molecule has 74 valence electrons. The summed E-state index contributed by atoms with van der Waals surface area (Å²) in [6, 6.07) is 0. The van der Waals surface area contributed by atoms with Crippen LogP contribution in [0.2, 0.25) is 0 Å². The molecule has 0 atom stereocenters. The Morgan fingerprint density at radius 3 is 1.85 bits per heavy atom. The molecule has 0 aliphatic rings. The van der Waals surface area contributed by atoms with E-state index >= 15 is 0 Å². The Labute approximate surface area is 88.1 Å². The molecule has 1 aromatic heterocycles. The predicted octanol–water partition coefficient (Wildman–Crippen LogP) is 3.26. The van der Waals surface area contributed by atoms with Crippen molar-refractivity contribution in [3.63, 3.8) is 0 Å². The molecule has 1 aromatic rings. The third kappa shape index (κ3) is 2.72. The van der Waals surface area contributed by atoms with E-state index in [0.717, 1.165) is 0 Å². The molecular formula is C12H20Se. The normalized spacial score (nSPS) is 12.2. The van der Waals surface area contributed by atoms with Gasteiger partial charge in [0.1, 0.15) is 0 Å². The van der Waals surface area contributed by atoms with Gasteiger partial charge in [0, 0.05) is 0 Å². The van der Waals surface area contributed by atoms with Gasteiger partial charge < -0.3 is 0 Å². The Morgan fingerprint density at radius 2 is 1.54 bits per heavy atom. The molecule has 0 aromatic carbocycles. The van der Waals surface area contributed by atoms with Crippen molar-refractivity contribution < 1.29 is 0 Å². The molecule has 0 aliphatic heterocycles. The molecule has 0 spiro atoms. The molecule has 1 rings (SSSR count). The van der Waals surface area contributed by atoms with Crippen LogP contribution in [0, 0.1) is 26.2 Å². The van der Waals surface area contributed by atoms with E-state index in [1.807, 2.05) is 0 Å². The Bertz CT molecular complexity index is 300. The fraction of sp³-hybridized carbons (Fsp3) is 0.667. The van der Waals surface area contributed by atoms with Crippen molar-refractivity contribution in [1.82, 2.24) is 0 Å². The molecular weight excluding hydrogens is 223 g/mol. The molecule has 0 radical (unpaired) electrons. The summed E-state index contributed by atoms with van der Waals surface area (Å²) in [6.07, 6.45) is 1.27. The van der Waals surface area contributed by atoms with Gasteiger partial charge >= 0.3 is 87.9 Å². The quantitative estimate of drug-likeness (QED) is 0.664. The van der Waals surface area contributed by atoms with Crippen molar-refractivity contribution in [2.75, 3.05) is 0 Å². The van der Waals surface area contributed by atoms with Gasteiger partial charge in [0.25, 0.3) is 0 Å². The van der Waals surface area contributed by atoms with E-state index in [1.54, 1.807) is 20.0 Å². The first-order valence-electron chi connectivity index (χ1n) is 4.87. The Kier molecular flexibility index (Phi) is 3.09. The van der Waals surface area contributed by atoms with E-state index in [1.165, 1.54) is 6.42 Å². The molecule has 0 saturated heterocycles. The average Bonchev–Trinajstić information content (AvgIpc) is 2.15. The molecule has 0 N–H and O–H groups in total. The summed E-state index contributed by atoms with van der Waals surface area (Å²) < 4.78 is 3.35. The maximum atomic E-state index is 2.33. The molecule has 0 saturated carbocycles. The number of hydrogen-bond donors (Lipinski definition) is 0. The summed E-state index contributed by atoms with van der Waals surface area (Å²) in [5.41, 5.74) is 3.58. The summed E-state index contributed by atoms with van der Waals surface area (Å²) in [5, 5.41) is 0. The Balaban J connectivity index is 2.97. The zero-order chi connectivity index (χ0) is 10.2. The van der Waals surface area contributed by atoms with Gasteiger partial charge in [0.05, 0.1) is 0 Å². The second-order valence-electron chi connectivity index (χ2n) is 5.07. The van der Waals surface area contributed by atoms with Gasteiger partial charge in [0.15, 0.2) is 0 Å². The van der Waals surface area contributed by atoms with Crippen molar-refractivity contribution in [3.05, 3.63) is 20.0 Å². The molecule has 1 heterocycles. The van der Waals surface area contributed by atoms with Crippen molar-refractivity contribution in [1.29, 1.82) is 0 Å². The van der Waals surface area contributed by atoms with Crippen LogP contribution >= 0.6 is 0 Å². The van der Waals surface area contributed by atoms with E-state index in [0.29, 0.717) is 19.9 Å². The summed E-state index contributed by atoms with van der Waals surface area (Å²) in [6.45, 7) is 13.8. The van der Waals surface area contributed by atoms with Crippen LogP contribution in [0.5, 0.6) is 0 Å². The van der Waals surface area contributed by atoms with Crippen LogP contribution < -0.4 is 0 Å². The van der Waals surface area contributed by atoms with Crippen LogP contribution in [-0.4, -0.2) is 14.5 Å². The molecule has 0 bridgehead atoms. The molecule has 0 fully saturated rings.